The van der Waals surface area contributed by atoms with Gasteiger partial charge in [0.05, 0.1) is 22.8 Å². The molecule has 0 spiro atoms. The van der Waals surface area contributed by atoms with Gasteiger partial charge in [-0.25, -0.2) is 8.42 Å². The molecule has 0 amide bonds. The van der Waals surface area contributed by atoms with Gasteiger partial charge in [0.25, 0.3) is 0 Å². The van der Waals surface area contributed by atoms with Crippen molar-refractivity contribution in [2.24, 2.45) is 0 Å². The van der Waals surface area contributed by atoms with E-state index in [2.05, 4.69) is 4.90 Å². The molecule has 0 N–H and O–H groups in total. The van der Waals surface area contributed by atoms with Crippen LogP contribution in [-0.4, -0.2) is 38.8 Å². The van der Waals surface area contributed by atoms with Gasteiger partial charge in [0, 0.05) is 24.2 Å². The number of nitrogens with zero attached hydrogens (tertiary/aromatic N) is 1. The molecule has 2 aromatic carbocycles. The third kappa shape index (κ3) is 4.92. The van der Waals surface area contributed by atoms with Gasteiger partial charge in [-0.1, -0.05) is 35.3 Å². The molecule has 0 heterocycles. The SMILES string of the molecule is COc1ccc(CN(CCS(=O)(=O)c2cc(Cl)ccc2Cl)C2CC2)cc1. The molecule has 0 aromatic heterocycles. The molecule has 0 bridgehead atoms. The van der Waals surface area contributed by atoms with Crippen LogP contribution in [0.4, 0.5) is 0 Å². The van der Waals surface area contributed by atoms with E-state index in [1.54, 1.807) is 13.2 Å². The van der Waals surface area contributed by atoms with E-state index in [1.165, 1.54) is 12.1 Å². The van der Waals surface area contributed by atoms with Gasteiger partial charge in [-0.2, -0.15) is 0 Å². The molecule has 7 heteroatoms. The van der Waals surface area contributed by atoms with E-state index in [-0.39, 0.29) is 15.7 Å². The van der Waals surface area contributed by atoms with Crippen LogP contribution >= 0.6 is 23.2 Å². The standard InChI is InChI=1S/C19H21Cl2NO3S/c1-25-17-7-2-14(3-8-17)13-22(16-5-6-16)10-11-26(23,24)19-12-15(20)4-9-18(19)21/h2-4,7-9,12,16H,5-6,10-11,13H2,1H3. The quantitative estimate of drug-likeness (QED) is 0.641. The minimum Gasteiger partial charge on any atom is -0.497 e. The fourth-order valence-corrected chi connectivity index (χ4v) is 4.93. The molecule has 4 nitrogen and oxygen atoms in total. The van der Waals surface area contributed by atoms with E-state index in [4.69, 9.17) is 27.9 Å². The maximum Gasteiger partial charge on any atom is 0.181 e. The number of benzene rings is 2. The van der Waals surface area contributed by atoms with Crippen molar-refractivity contribution in [1.82, 2.24) is 4.90 Å². The van der Waals surface area contributed by atoms with Crippen LogP contribution in [0.2, 0.25) is 10.0 Å². The highest BCUT2D eigenvalue weighted by Crippen LogP contribution is 2.30. The number of sulfone groups is 1. The van der Waals surface area contributed by atoms with Gasteiger partial charge in [-0.05, 0) is 48.7 Å². The maximum absolute atomic E-state index is 12.7. The number of halogens is 2. The summed E-state index contributed by atoms with van der Waals surface area (Å²) in [5, 5.41) is 0.577. The highest BCUT2D eigenvalue weighted by Gasteiger charge is 2.30. The van der Waals surface area contributed by atoms with Gasteiger partial charge in [0.15, 0.2) is 9.84 Å². The van der Waals surface area contributed by atoms with Gasteiger partial charge in [0.2, 0.25) is 0 Å². The first-order chi connectivity index (χ1) is 12.4. The predicted octanol–water partition coefficient (Wildman–Crippen LogP) is 4.44. The number of hydrogen-bond donors (Lipinski definition) is 0. The van der Waals surface area contributed by atoms with Gasteiger partial charge in [-0.3, -0.25) is 4.90 Å². The summed E-state index contributed by atoms with van der Waals surface area (Å²) in [4.78, 5) is 2.32. The molecule has 140 valence electrons. The van der Waals surface area contributed by atoms with Crippen molar-refractivity contribution >= 4 is 33.0 Å². The molecule has 0 aliphatic heterocycles. The lowest BCUT2D eigenvalue weighted by atomic mass is 10.2. The summed E-state index contributed by atoms with van der Waals surface area (Å²) < 4.78 is 30.6. The van der Waals surface area contributed by atoms with Gasteiger partial charge >= 0.3 is 0 Å². The minimum absolute atomic E-state index is 0.0136. The van der Waals surface area contributed by atoms with Crippen molar-refractivity contribution in [2.45, 2.75) is 30.3 Å². The molecule has 0 unspecified atom stereocenters. The van der Waals surface area contributed by atoms with Gasteiger partial charge in [0.1, 0.15) is 5.75 Å². The van der Waals surface area contributed by atoms with Crippen molar-refractivity contribution < 1.29 is 13.2 Å². The van der Waals surface area contributed by atoms with E-state index in [1.807, 2.05) is 24.3 Å². The first-order valence-electron chi connectivity index (χ1n) is 8.44. The normalized spacial score (nSPS) is 14.6. The second-order valence-electron chi connectivity index (χ2n) is 6.44. The Kier molecular flexibility index (Phi) is 6.13. The molecule has 0 saturated heterocycles. The summed E-state index contributed by atoms with van der Waals surface area (Å²) in [7, 11) is -1.86. The summed E-state index contributed by atoms with van der Waals surface area (Å²) in [6.07, 6.45) is 2.21. The fraction of sp³-hybridized carbons (Fsp3) is 0.368. The summed E-state index contributed by atoms with van der Waals surface area (Å²) in [6, 6.07) is 12.8. The number of rotatable bonds is 8. The predicted molar refractivity (Wildman–Crippen MR) is 105 cm³/mol. The molecule has 3 rings (SSSR count). The summed E-state index contributed by atoms with van der Waals surface area (Å²) in [5.41, 5.74) is 1.14. The summed E-state index contributed by atoms with van der Waals surface area (Å²) in [5.74, 6) is 0.824. The molecular weight excluding hydrogens is 393 g/mol. The number of methoxy groups -OCH3 is 1. The topological polar surface area (TPSA) is 46.6 Å². The van der Waals surface area contributed by atoms with Crippen molar-refractivity contribution in [3.05, 3.63) is 58.1 Å². The van der Waals surface area contributed by atoms with E-state index < -0.39 is 9.84 Å². The van der Waals surface area contributed by atoms with Gasteiger partial charge < -0.3 is 4.74 Å². The summed E-state index contributed by atoms with van der Waals surface area (Å²) >= 11 is 12.0. The van der Waals surface area contributed by atoms with Gasteiger partial charge in [-0.15, -0.1) is 0 Å². The van der Waals surface area contributed by atoms with Crippen molar-refractivity contribution in [3.8, 4) is 5.75 Å². The molecule has 1 aliphatic carbocycles. The van der Waals surface area contributed by atoms with Crippen LogP contribution in [0.5, 0.6) is 5.75 Å². The molecular formula is C19H21Cl2NO3S. The van der Waals surface area contributed by atoms with E-state index >= 15 is 0 Å². The van der Waals surface area contributed by atoms with Crippen molar-refractivity contribution in [1.29, 1.82) is 0 Å². The first-order valence-corrected chi connectivity index (χ1v) is 10.8. The average Bonchev–Trinajstić information content (AvgIpc) is 3.46. The molecule has 0 atom stereocenters. The summed E-state index contributed by atoms with van der Waals surface area (Å²) in [6.45, 7) is 1.18. The number of hydrogen-bond acceptors (Lipinski definition) is 4. The molecule has 2 aromatic rings. The lowest BCUT2D eigenvalue weighted by Gasteiger charge is -2.22. The lowest BCUT2D eigenvalue weighted by molar-refractivity contribution is 0.270. The Bertz CT molecular complexity index is 865. The minimum atomic E-state index is -3.50. The van der Waals surface area contributed by atoms with Crippen LogP contribution in [0.25, 0.3) is 0 Å². The Balaban J connectivity index is 1.69. The van der Waals surface area contributed by atoms with Crippen LogP contribution in [-0.2, 0) is 16.4 Å². The number of ether oxygens (including phenoxy) is 1. The van der Waals surface area contributed by atoms with Crippen LogP contribution in [0.1, 0.15) is 18.4 Å². The van der Waals surface area contributed by atoms with Crippen LogP contribution in [0.15, 0.2) is 47.4 Å². The molecule has 1 aliphatic rings. The van der Waals surface area contributed by atoms with Crippen LogP contribution < -0.4 is 4.74 Å². The Hall–Kier alpha value is -1.27. The Morgan fingerprint density at radius 2 is 1.81 bits per heavy atom. The van der Waals surface area contributed by atoms with Crippen LogP contribution in [0, 0.1) is 0 Å². The molecule has 0 radical (unpaired) electrons. The Morgan fingerprint density at radius 3 is 2.42 bits per heavy atom. The average molecular weight is 414 g/mol. The Labute approximate surface area is 164 Å². The first kappa shape index (κ1) is 19.5. The smallest absolute Gasteiger partial charge is 0.181 e. The third-order valence-electron chi connectivity index (χ3n) is 4.48. The largest absolute Gasteiger partial charge is 0.497 e. The monoisotopic (exact) mass is 413 g/mol. The lowest BCUT2D eigenvalue weighted by Crippen LogP contribution is -2.31. The molecule has 26 heavy (non-hydrogen) atoms. The maximum atomic E-state index is 12.7. The van der Waals surface area contributed by atoms with E-state index in [9.17, 15) is 8.42 Å². The van der Waals surface area contributed by atoms with Crippen molar-refractivity contribution in [2.75, 3.05) is 19.4 Å². The highest BCUT2D eigenvalue weighted by molar-refractivity contribution is 7.91. The van der Waals surface area contributed by atoms with E-state index in [0.717, 1.165) is 24.2 Å². The van der Waals surface area contributed by atoms with Crippen LogP contribution in [0.3, 0.4) is 0 Å². The molecule has 1 fully saturated rings. The fourth-order valence-electron chi connectivity index (χ4n) is 2.86. The zero-order valence-corrected chi connectivity index (χ0v) is 16.8. The zero-order chi connectivity index (χ0) is 18.7. The third-order valence-corrected chi connectivity index (χ3v) is 6.89. The highest BCUT2D eigenvalue weighted by atomic mass is 35.5. The molecule has 1 saturated carbocycles. The Morgan fingerprint density at radius 1 is 1.12 bits per heavy atom. The van der Waals surface area contributed by atoms with E-state index in [0.29, 0.717) is 24.2 Å². The van der Waals surface area contributed by atoms with Crippen molar-refractivity contribution in [3.63, 3.8) is 0 Å². The zero-order valence-electron chi connectivity index (χ0n) is 14.5. The second-order valence-corrected chi connectivity index (χ2v) is 9.36. The second kappa shape index (κ2) is 8.17.